The molecule has 0 saturated carbocycles. The Morgan fingerprint density at radius 2 is 2.50 bits per heavy atom. The van der Waals surface area contributed by atoms with Crippen molar-refractivity contribution in [1.29, 1.82) is 0 Å². The molecule has 3 heteroatoms. The van der Waals surface area contributed by atoms with E-state index in [4.69, 9.17) is 6.42 Å². The first kappa shape index (κ1) is 9.55. The maximum absolute atomic E-state index is 10.8. The van der Waals surface area contributed by atoms with E-state index >= 15 is 0 Å². The molecule has 0 bridgehead atoms. The predicted octanol–water partition coefficient (Wildman–Crippen LogP) is 0.296. The Morgan fingerprint density at radius 3 is 3.00 bits per heavy atom. The van der Waals surface area contributed by atoms with E-state index in [0.29, 0.717) is 33.2 Å². The van der Waals surface area contributed by atoms with Crippen molar-refractivity contribution in [1.82, 2.24) is 5.32 Å². The van der Waals surface area contributed by atoms with Gasteiger partial charge in [-0.25, -0.2) is 0 Å². The summed E-state index contributed by atoms with van der Waals surface area (Å²) in [7, 11) is 0. The Hall–Kier alpha value is -0.451. The molecule has 0 saturated heterocycles. The van der Waals surface area contributed by atoms with Crippen molar-refractivity contribution in [3.63, 3.8) is 0 Å². The zero-order valence-electron chi connectivity index (χ0n) is 6.02. The summed E-state index contributed by atoms with van der Waals surface area (Å²) in [5, 5.41) is 3.38. The van der Waals surface area contributed by atoms with Crippen LogP contribution in [0.5, 0.6) is 0 Å². The van der Waals surface area contributed by atoms with Gasteiger partial charge in [0, 0.05) is 0 Å². The van der Waals surface area contributed by atoms with Gasteiger partial charge in [-0.05, 0) is 0 Å². The summed E-state index contributed by atoms with van der Waals surface area (Å²) < 4.78 is 0. The molecule has 0 aromatic carbocycles. The topological polar surface area (TPSA) is 29.1 Å². The van der Waals surface area contributed by atoms with Gasteiger partial charge in [0.15, 0.2) is 0 Å². The standard InChI is InChI=1S/C7H11NOSe/c1-3-4-5-8-7(9)6-10-2/h1H,4-6H2,2H3,(H,8,9). The molecule has 0 aliphatic rings. The minimum absolute atomic E-state index is 0.123. The Bertz CT molecular complexity index is 139. The molecule has 56 valence electrons. The average molecular weight is 204 g/mol. The van der Waals surface area contributed by atoms with Crippen molar-refractivity contribution < 1.29 is 4.79 Å². The number of carbonyl (C=O) groups is 1. The van der Waals surface area contributed by atoms with Crippen LogP contribution in [-0.4, -0.2) is 27.4 Å². The van der Waals surface area contributed by atoms with Gasteiger partial charge >= 0.3 is 67.4 Å². The average Bonchev–Trinajstić information content (AvgIpc) is 1.89. The molecular formula is C7H11NOSe. The van der Waals surface area contributed by atoms with Crippen LogP contribution < -0.4 is 5.32 Å². The van der Waals surface area contributed by atoms with Crippen molar-refractivity contribution in [2.75, 3.05) is 6.54 Å². The summed E-state index contributed by atoms with van der Waals surface area (Å²) >= 11 is 0.431. The molecule has 0 aliphatic heterocycles. The molecule has 1 amide bonds. The van der Waals surface area contributed by atoms with Crippen LogP contribution in [-0.2, 0) is 4.79 Å². The van der Waals surface area contributed by atoms with Crippen molar-refractivity contribution in [2.24, 2.45) is 0 Å². The van der Waals surface area contributed by atoms with Gasteiger partial charge in [0.25, 0.3) is 0 Å². The fourth-order valence-electron chi connectivity index (χ4n) is 0.456. The Balaban J connectivity index is 3.15. The second-order valence-corrected chi connectivity index (χ2v) is 3.55. The predicted molar refractivity (Wildman–Crippen MR) is 42.9 cm³/mol. The zero-order valence-corrected chi connectivity index (χ0v) is 7.73. The van der Waals surface area contributed by atoms with Crippen LogP contribution in [0, 0.1) is 12.3 Å². The number of amides is 1. The van der Waals surface area contributed by atoms with Crippen LogP contribution in [0.15, 0.2) is 0 Å². The minimum atomic E-state index is 0.123. The van der Waals surface area contributed by atoms with Gasteiger partial charge in [0.1, 0.15) is 0 Å². The number of hydrogen-bond donors (Lipinski definition) is 1. The summed E-state index contributed by atoms with van der Waals surface area (Å²) in [6, 6.07) is 0. The quantitative estimate of drug-likeness (QED) is 0.398. The third kappa shape index (κ3) is 5.68. The first-order chi connectivity index (χ1) is 4.81. The van der Waals surface area contributed by atoms with Crippen LogP contribution in [0.2, 0.25) is 11.1 Å². The molecule has 0 atom stereocenters. The maximum atomic E-state index is 10.8. The number of carbonyl (C=O) groups excluding carboxylic acids is 1. The molecule has 0 fully saturated rings. The van der Waals surface area contributed by atoms with Gasteiger partial charge < -0.3 is 0 Å². The second-order valence-electron chi connectivity index (χ2n) is 1.74. The van der Waals surface area contributed by atoms with Crippen LogP contribution in [0.1, 0.15) is 6.42 Å². The van der Waals surface area contributed by atoms with Gasteiger partial charge in [-0.1, -0.05) is 0 Å². The van der Waals surface area contributed by atoms with Crippen molar-refractivity contribution in [3.05, 3.63) is 0 Å². The first-order valence-electron chi connectivity index (χ1n) is 3.00. The third-order valence-electron chi connectivity index (χ3n) is 0.867. The summed E-state index contributed by atoms with van der Waals surface area (Å²) in [5.41, 5.74) is 0. The van der Waals surface area contributed by atoms with E-state index in [2.05, 4.69) is 11.2 Å². The van der Waals surface area contributed by atoms with Crippen molar-refractivity contribution in [3.8, 4) is 12.3 Å². The Kier molecular flexibility index (Phi) is 6.37. The number of hydrogen-bond acceptors (Lipinski definition) is 1. The molecule has 0 rings (SSSR count). The van der Waals surface area contributed by atoms with E-state index in [-0.39, 0.29) is 5.91 Å². The van der Waals surface area contributed by atoms with E-state index in [1.807, 2.05) is 5.82 Å². The monoisotopic (exact) mass is 205 g/mol. The Morgan fingerprint density at radius 1 is 1.80 bits per heavy atom. The Labute approximate surface area is 67.9 Å². The van der Waals surface area contributed by atoms with Crippen LogP contribution in [0.3, 0.4) is 0 Å². The van der Waals surface area contributed by atoms with E-state index in [1.165, 1.54) is 0 Å². The van der Waals surface area contributed by atoms with Gasteiger partial charge in [0.2, 0.25) is 0 Å². The molecule has 0 spiro atoms. The summed E-state index contributed by atoms with van der Waals surface area (Å²) in [5.74, 6) is 4.61. The molecule has 2 nitrogen and oxygen atoms in total. The second kappa shape index (κ2) is 6.67. The van der Waals surface area contributed by atoms with Gasteiger partial charge in [-0.2, -0.15) is 0 Å². The fraction of sp³-hybridized carbons (Fsp3) is 0.571. The SMILES string of the molecule is C#CCCNC(=O)C[Se]C. The third-order valence-corrected chi connectivity index (χ3v) is 2.02. The van der Waals surface area contributed by atoms with E-state index in [0.717, 1.165) is 0 Å². The molecule has 0 aliphatic carbocycles. The fourth-order valence-corrected chi connectivity index (χ4v) is 1.22. The molecule has 0 aromatic rings. The van der Waals surface area contributed by atoms with Crippen molar-refractivity contribution in [2.45, 2.75) is 17.6 Å². The number of nitrogens with one attached hydrogen (secondary N) is 1. The van der Waals surface area contributed by atoms with Crippen LogP contribution >= 0.6 is 0 Å². The summed E-state index contributed by atoms with van der Waals surface area (Å²) in [4.78, 5) is 10.8. The molecule has 0 unspecified atom stereocenters. The van der Waals surface area contributed by atoms with E-state index < -0.39 is 0 Å². The molecular weight excluding hydrogens is 193 g/mol. The van der Waals surface area contributed by atoms with Crippen LogP contribution in [0.4, 0.5) is 0 Å². The first-order valence-corrected chi connectivity index (χ1v) is 5.92. The summed E-state index contributed by atoms with van der Waals surface area (Å²) in [6.07, 6.45) is 5.62. The number of terminal acetylenes is 1. The van der Waals surface area contributed by atoms with Gasteiger partial charge in [0.05, 0.1) is 0 Å². The van der Waals surface area contributed by atoms with E-state index in [1.54, 1.807) is 0 Å². The van der Waals surface area contributed by atoms with E-state index in [9.17, 15) is 4.79 Å². The van der Waals surface area contributed by atoms with Crippen LogP contribution in [0.25, 0.3) is 0 Å². The molecule has 0 radical (unpaired) electrons. The van der Waals surface area contributed by atoms with Gasteiger partial charge in [-0.15, -0.1) is 0 Å². The molecule has 1 N–H and O–H groups in total. The molecule has 10 heavy (non-hydrogen) atoms. The number of rotatable bonds is 4. The zero-order chi connectivity index (χ0) is 7.82. The van der Waals surface area contributed by atoms with Crippen molar-refractivity contribution >= 4 is 20.9 Å². The summed E-state index contributed by atoms with van der Waals surface area (Å²) in [6.45, 7) is 0.616. The molecule has 0 aromatic heterocycles. The molecule has 0 heterocycles. The van der Waals surface area contributed by atoms with Gasteiger partial charge in [-0.3, -0.25) is 0 Å². The normalized spacial score (nSPS) is 8.40.